The van der Waals surface area contributed by atoms with Crippen LogP contribution in [0.2, 0.25) is 0 Å². The fourth-order valence-electron chi connectivity index (χ4n) is 2.00. The molecule has 0 aliphatic carbocycles. The number of hydrogen-bond donors (Lipinski definition) is 3. The van der Waals surface area contributed by atoms with Gasteiger partial charge in [-0.2, -0.15) is 0 Å². The summed E-state index contributed by atoms with van der Waals surface area (Å²) in [6.45, 7) is 5.30. The minimum Gasteiger partial charge on any atom is -0.508 e. The Bertz CT molecular complexity index is 539. The zero-order valence-corrected chi connectivity index (χ0v) is 12.5. The third kappa shape index (κ3) is 4.03. The lowest BCUT2D eigenvalue weighted by atomic mass is 10.0. The number of thiazole rings is 1. The summed E-state index contributed by atoms with van der Waals surface area (Å²) < 4.78 is 0. The molecule has 0 spiro atoms. The van der Waals surface area contributed by atoms with E-state index in [9.17, 15) is 10.2 Å². The number of nitrogens with zero attached hydrogens (tertiary/aromatic N) is 1. The van der Waals surface area contributed by atoms with Gasteiger partial charge in [-0.15, -0.1) is 11.3 Å². The summed E-state index contributed by atoms with van der Waals surface area (Å²) in [6.07, 6.45) is -0.563. The fraction of sp³-hybridized carbons (Fsp3) is 0.400. The summed E-state index contributed by atoms with van der Waals surface area (Å²) in [6, 6.07) is 7.22. The molecule has 5 heteroatoms. The van der Waals surface area contributed by atoms with Crippen molar-refractivity contribution in [3.63, 3.8) is 0 Å². The second kappa shape index (κ2) is 6.83. The molecular weight excluding hydrogens is 272 g/mol. The topological polar surface area (TPSA) is 65.4 Å². The Kier molecular flexibility index (Phi) is 5.11. The molecule has 0 bridgehead atoms. The van der Waals surface area contributed by atoms with Crippen LogP contribution in [0.1, 0.15) is 35.2 Å². The van der Waals surface area contributed by atoms with Crippen LogP contribution < -0.4 is 5.32 Å². The van der Waals surface area contributed by atoms with Crippen LogP contribution in [0.15, 0.2) is 29.6 Å². The van der Waals surface area contributed by atoms with Crippen LogP contribution in [0.4, 0.5) is 0 Å². The molecule has 0 fully saturated rings. The molecule has 0 aliphatic rings. The van der Waals surface area contributed by atoms with Gasteiger partial charge in [-0.1, -0.05) is 19.1 Å². The number of benzene rings is 1. The van der Waals surface area contributed by atoms with Crippen LogP contribution in [-0.4, -0.2) is 28.3 Å². The highest BCUT2D eigenvalue weighted by molar-refractivity contribution is 7.09. The number of phenols is 1. The summed E-state index contributed by atoms with van der Waals surface area (Å²) in [5, 5.41) is 25.4. The highest BCUT2D eigenvalue weighted by atomic mass is 32.1. The first-order valence-electron chi connectivity index (χ1n) is 6.66. The van der Waals surface area contributed by atoms with E-state index in [0.717, 1.165) is 22.8 Å². The molecule has 4 nitrogen and oxygen atoms in total. The van der Waals surface area contributed by atoms with Gasteiger partial charge in [0.15, 0.2) is 0 Å². The van der Waals surface area contributed by atoms with Crippen molar-refractivity contribution in [1.29, 1.82) is 0 Å². The lowest BCUT2D eigenvalue weighted by molar-refractivity contribution is 0.170. The molecule has 0 saturated carbocycles. The van der Waals surface area contributed by atoms with E-state index >= 15 is 0 Å². The third-order valence-corrected chi connectivity index (χ3v) is 4.02. The van der Waals surface area contributed by atoms with Gasteiger partial charge in [-0.25, -0.2) is 4.98 Å². The van der Waals surface area contributed by atoms with E-state index in [1.165, 1.54) is 0 Å². The Morgan fingerprint density at radius 3 is 2.55 bits per heavy atom. The molecule has 1 heterocycles. The van der Waals surface area contributed by atoms with Crippen molar-refractivity contribution in [3.8, 4) is 5.75 Å². The van der Waals surface area contributed by atoms with Crippen LogP contribution in [-0.2, 0) is 0 Å². The van der Waals surface area contributed by atoms with Crippen molar-refractivity contribution in [1.82, 2.24) is 10.3 Å². The molecular formula is C15H20N2O2S. The standard InChI is InChI=1S/C15H20N2O2S/c1-10(12-3-5-13(18)6-4-12)7-16-8-15(19)14-9-20-11(2)17-14/h3-6,9-10,15-16,18-19H,7-8H2,1-2H3. The summed E-state index contributed by atoms with van der Waals surface area (Å²) >= 11 is 1.55. The van der Waals surface area contributed by atoms with Crippen LogP contribution in [0.25, 0.3) is 0 Å². The van der Waals surface area contributed by atoms with E-state index in [1.54, 1.807) is 23.5 Å². The van der Waals surface area contributed by atoms with Crippen molar-refractivity contribution in [3.05, 3.63) is 45.9 Å². The van der Waals surface area contributed by atoms with Gasteiger partial charge in [0.05, 0.1) is 10.7 Å². The zero-order valence-electron chi connectivity index (χ0n) is 11.7. The van der Waals surface area contributed by atoms with Gasteiger partial charge in [0.2, 0.25) is 0 Å². The van der Waals surface area contributed by atoms with Crippen molar-refractivity contribution in [2.75, 3.05) is 13.1 Å². The molecule has 2 rings (SSSR count). The largest absolute Gasteiger partial charge is 0.508 e. The third-order valence-electron chi connectivity index (χ3n) is 3.23. The van der Waals surface area contributed by atoms with E-state index in [1.807, 2.05) is 24.4 Å². The van der Waals surface area contributed by atoms with Crippen molar-refractivity contribution in [2.45, 2.75) is 25.9 Å². The molecule has 0 saturated heterocycles. The van der Waals surface area contributed by atoms with Crippen LogP contribution in [0.5, 0.6) is 5.75 Å². The maximum atomic E-state index is 10.0. The number of rotatable bonds is 6. The molecule has 0 aliphatic heterocycles. The summed E-state index contributed by atoms with van der Waals surface area (Å²) in [7, 11) is 0. The fourth-order valence-corrected chi connectivity index (χ4v) is 2.65. The molecule has 20 heavy (non-hydrogen) atoms. The SMILES string of the molecule is Cc1nc(C(O)CNCC(C)c2ccc(O)cc2)cs1. The number of hydrogen-bond acceptors (Lipinski definition) is 5. The van der Waals surface area contributed by atoms with Crippen LogP contribution in [0, 0.1) is 6.92 Å². The number of phenolic OH excluding ortho intramolecular Hbond substituents is 1. The molecule has 1 aromatic carbocycles. The number of aryl methyl sites for hydroxylation is 1. The smallest absolute Gasteiger partial charge is 0.115 e. The van der Waals surface area contributed by atoms with E-state index in [-0.39, 0.29) is 5.75 Å². The quantitative estimate of drug-likeness (QED) is 0.765. The average Bonchev–Trinajstić information content (AvgIpc) is 2.86. The first-order chi connectivity index (χ1) is 9.56. The Labute approximate surface area is 123 Å². The van der Waals surface area contributed by atoms with Crippen molar-refractivity contribution >= 4 is 11.3 Å². The Morgan fingerprint density at radius 1 is 1.25 bits per heavy atom. The lowest BCUT2D eigenvalue weighted by Crippen LogP contribution is -2.25. The maximum Gasteiger partial charge on any atom is 0.115 e. The molecule has 2 aromatic rings. The van der Waals surface area contributed by atoms with Gasteiger partial charge in [0.1, 0.15) is 11.9 Å². The molecule has 0 radical (unpaired) electrons. The second-order valence-electron chi connectivity index (χ2n) is 4.96. The predicted molar refractivity (Wildman–Crippen MR) is 81.2 cm³/mol. The Hall–Kier alpha value is -1.43. The lowest BCUT2D eigenvalue weighted by Gasteiger charge is -2.15. The average molecular weight is 292 g/mol. The van der Waals surface area contributed by atoms with Gasteiger partial charge in [-0.3, -0.25) is 0 Å². The number of aliphatic hydroxyl groups excluding tert-OH is 1. The minimum atomic E-state index is -0.563. The molecule has 0 amide bonds. The summed E-state index contributed by atoms with van der Waals surface area (Å²) in [5.41, 5.74) is 1.89. The Morgan fingerprint density at radius 2 is 1.95 bits per heavy atom. The first kappa shape index (κ1) is 15.0. The van der Waals surface area contributed by atoms with Gasteiger partial charge >= 0.3 is 0 Å². The molecule has 2 atom stereocenters. The number of nitrogens with one attached hydrogen (secondary N) is 1. The van der Waals surface area contributed by atoms with Crippen LogP contribution >= 0.6 is 11.3 Å². The number of aromatic nitrogens is 1. The van der Waals surface area contributed by atoms with E-state index in [4.69, 9.17) is 0 Å². The van der Waals surface area contributed by atoms with Crippen molar-refractivity contribution < 1.29 is 10.2 Å². The minimum absolute atomic E-state index is 0.281. The Balaban J connectivity index is 1.79. The molecule has 1 aromatic heterocycles. The van der Waals surface area contributed by atoms with Gasteiger partial charge in [-0.05, 0) is 30.5 Å². The van der Waals surface area contributed by atoms with E-state index in [2.05, 4.69) is 17.2 Å². The molecule has 2 unspecified atom stereocenters. The van der Waals surface area contributed by atoms with E-state index < -0.39 is 6.10 Å². The predicted octanol–water partition coefficient (Wildman–Crippen LogP) is 2.58. The monoisotopic (exact) mass is 292 g/mol. The second-order valence-corrected chi connectivity index (χ2v) is 6.02. The molecule has 3 N–H and O–H groups in total. The van der Waals surface area contributed by atoms with Gasteiger partial charge in [0.25, 0.3) is 0 Å². The number of aromatic hydroxyl groups is 1. The number of aliphatic hydroxyl groups is 1. The summed E-state index contributed by atoms with van der Waals surface area (Å²) in [4.78, 5) is 4.28. The normalized spacial score (nSPS) is 14.2. The van der Waals surface area contributed by atoms with Gasteiger partial charge < -0.3 is 15.5 Å². The highest BCUT2D eigenvalue weighted by Crippen LogP contribution is 2.18. The summed E-state index contributed by atoms with van der Waals surface area (Å²) in [5.74, 6) is 0.600. The maximum absolute atomic E-state index is 10.0. The highest BCUT2D eigenvalue weighted by Gasteiger charge is 2.11. The van der Waals surface area contributed by atoms with Crippen LogP contribution in [0.3, 0.4) is 0 Å². The first-order valence-corrected chi connectivity index (χ1v) is 7.54. The molecule has 108 valence electrons. The van der Waals surface area contributed by atoms with E-state index in [0.29, 0.717) is 12.5 Å². The van der Waals surface area contributed by atoms with Gasteiger partial charge in [0, 0.05) is 18.5 Å². The zero-order chi connectivity index (χ0) is 14.5. The van der Waals surface area contributed by atoms with Crippen molar-refractivity contribution in [2.24, 2.45) is 0 Å².